The smallest absolute Gasteiger partial charge is 0.0554 e. The summed E-state index contributed by atoms with van der Waals surface area (Å²) >= 11 is 0. The van der Waals surface area contributed by atoms with Gasteiger partial charge >= 0.3 is 0 Å². The molecule has 0 aliphatic carbocycles. The summed E-state index contributed by atoms with van der Waals surface area (Å²) in [4.78, 5) is 2.47. The van der Waals surface area contributed by atoms with E-state index in [0.717, 1.165) is 19.6 Å². The Labute approximate surface area is 98.7 Å². The summed E-state index contributed by atoms with van der Waals surface area (Å²) < 4.78 is 0. The standard InChI is InChI=1S/C14H22N2/c1-12-6-4-7-13(10-12)14(2)11-15-8-5-9-16(14)3/h4,6-7,10,15H,5,8-9,11H2,1-3H3. The van der Waals surface area contributed by atoms with E-state index in [9.17, 15) is 0 Å². The second kappa shape index (κ2) is 4.56. The second-order valence-corrected chi connectivity index (χ2v) is 5.10. The molecule has 0 bridgehead atoms. The van der Waals surface area contributed by atoms with Crippen LogP contribution in [-0.4, -0.2) is 31.6 Å². The third-order valence-corrected chi connectivity index (χ3v) is 3.80. The van der Waals surface area contributed by atoms with E-state index in [0.29, 0.717) is 0 Å². The molecule has 2 nitrogen and oxygen atoms in total. The van der Waals surface area contributed by atoms with Gasteiger partial charge in [-0.15, -0.1) is 0 Å². The molecule has 1 aromatic rings. The van der Waals surface area contributed by atoms with Crippen LogP contribution in [0.15, 0.2) is 24.3 Å². The average molecular weight is 218 g/mol. The molecular formula is C14H22N2. The predicted molar refractivity (Wildman–Crippen MR) is 68.6 cm³/mol. The van der Waals surface area contributed by atoms with E-state index in [4.69, 9.17) is 0 Å². The molecule has 2 rings (SSSR count). The average Bonchev–Trinajstić information content (AvgIpc) is 2.43. The SMILES string of the molecule is Cc1cccc(C2(C)CNCCCN2C)c1. The number of rotatable bonds is 1. The fourth-order valence-corrected chi connectivity index (χ4v) is 2.46. The first-order chi connectivity index (χ1) is 7.63. The van der Waals surface area contributed by atoms with Gasteiger partial charge in [0.05, 0.1) is 5.54 Å². The monoisotopic (exact) mass is 218 g/mol. The second-order valence-electron chi connectivity index (χ2n) is 5.10. The Kier molecular flexibility index (Phi) is 3.31. The molecule has 2 heteroatoms. The number of hydrogen-bond acceptors (Lipinski definition) is 2. The van der Waals surface area contributed by atoms with Gasteiger partial charge in [-0.05, 0) is 46.0 Å². The maximum atomic E-state index is 3.54. The molecule has 1 unspecified atom stereocenters. The van der Waals surface area contributed by atoms with Crippen LogP contribution in [0.5, 0.6) is 0 Å². The Bertz CT molecular complexity index is 362. The van der Waals surface area contributed by atoms with E-state index < -0.39 is 0 Å². The summed E-state index contributed by atoms with van der Waals surface area (Å²) in [6, 6.07) is 8.88. The fraction of sp³-hybridized carbons (Fsp3) is 0.571. The van der Waals surface area contributed by atoms with E-state index >= 15 is 0 Å². The van der Waals surface area contributed by atoms with Gasteiger partial charge in [0.15, 0.2) is 0 Å². The zero-order chi connectivity index (χ0) is 11.6. The van der Waals surface area contributed by atoms with Gasteiger partial charge in [0.1, 0.15) is 0 Å². The van der Waals surface area contributed by atoms with Crippen LogP contribution in [0.1, 0.15) is 24.5 Å². The molecule has 0 spiro atoms. The van der Waals surface area contributed by atoms with Gasteiger partial charge in [0.25, 0.3) is 0 Å². The van der Waals surface area contributed by atoms with Gasteiger partial charge in [-0.25, -0.2) is 0 Å². The Hall–Kier alpha value is -0.860. The lowest BCUT2D eigenvalue weighted by molar-refractivity contribution is 0.151. The van der Waals surface area contributed by atoms with E-state index in [1.807, 2.05) is 0 Å². The molecule has 1 heterocycles. The van der Waals surface area contributed by atoms with Crippen molar-refractivity contribution in [3.05, 3.63) is 35.4 Å². The van der Waals surface area contributed by atoms with Crippen LogP contribution in [0.4, 0.5) is 0 Å². The third-order valence-electron chi connectivity index (χ3n) is 3.80. The number of aryl methyl sites for hydroxylation is 1. The quantitative estimate of drug-likeness (QED) is 0.777. The molecule has 1 aromatic carbocycles. The van der Waals surface area contributed by atoms with Crippen molar-refractivity contribution >= 4 is 0 Å². The van der Waals surface area contributed by atoms with E-state index in [1.54, 1.807) is 0 Å². The van der Waals surface area contributed by atoms with Crippen molar-refractivity contribution in [2.45, 2.75) is 25.8 Å². The minimum atomic E-state index is 0.127. The molecule has 88 valence electrons. The molecule has 1 aliphatic heterocycles. The van der Waals surface area contributed by atoms with Gasteiger partial charge < -0.3 is 5.32 Å². The summed E-state index contributed by atoms with van der Waals surface area (Å²) in [7, 11) is 2.23. The molecule has 0 radical (unpaired) electrons. The van der Waals surface area contributed by atoms with E-state index in [1.165, 1.54) is 17.5 Å². The Morgan fingerprint density at radius 3 is 2.94 bits per heavy atom. The highest BCUT2D eigenvalue weighted by Gasteiger charge is 2.32. The summed E-state index contributed by atoms with van der Waals surface area (Å²) in [6.07, 6.45) is 1.23. The Balaban J connectivity index is 2.34. The molecule has 1 aliphatic rings. The van der Waals surface area contributed by atoms with Gasteiger partial charge in [-0.3, -0.25) is 4.90 Å². The summed E-state index contributed by atoms with van der Waals surface area (Å²) in [5, 5.41) is 3.54. The lowest BCUT2D eigenvalue weighted by atomic mass is 9.89. The molecule has 1 atom stereocenters. The Morgan fingerprint density at radius 1 is 1.38 bits per heavy atom. The van der Waals surface area contributed by atoms with Crippen molar-refractivity contribution in [3.8, 4) is 0 Å². The van der Waals surface area contributed by atoms with E-state index in [2.05, 4.69) is 55.4 Å². The van der Waals surface area contributed by atoms with Crippen LogP contribution in [-0.2, 0) is 5.54 Å². The first-order valence-corrected chi connectivity index (χ1v) is 6.12. The lowest BCUT2D eigenvalue weighted by Gasteiger charge is -2.38. The van der Waals surface area contributed by atoms with Crippen molar-refractivity contribution in [1.82, 2.24) is 10.2 Å². The van der Waals surface area contributed by atoms with Crippen molar-refractivity contribution in [3.63, 3.8) is 0 Å². The van der Waals surface area contributed by atoms with Crippen LogP contribution in [0.3, 0.4) is 0 Å². The maximum absolute atomic E-state index is 3.54. The predicted octanol–water partition coefficient (Wildman–Crippen LogP) is 2.14. The van der Waals surface area contributed by atoms with Crippen molar-refractivity contribution in [2.75, 3.05) is 26.7 Å². The minimum absolute atomic E-state index is 0.127. The highest BCUT2D eigenvalue weighted by Crippen LogP contribution is 2.28. The lowest BCUT2D eigenvalue weighted by Crippen LogP contribution is -2.46. The van der Waals surface area contributed by atoms with Gasteiger partial charge in [0.2, 0.25) is 0 Å². The van der Waals surface area contributed by atoms with Crippen LogP contribution in [0.2, 0.25) is 0 Å². The molecule has 0 amide bonds. The fourth-order valence-electron chi connectivity index (χ4n) is 2.46. The van der Waals surface area contributed by atoms with Crippen molar-refractivity contribution in [2.24, 2.45) is 0 Å². The summed E-state index contributed by atoms with van der Waals surface area (Å²) in [5.74, 6) is 0. The summed E-state index contributed by atoms with van der Waals surface area (Å²) in [5.41, 5.74) is 2.89. The van der Waals surface area contributed by atoms with Crippen LogP contribution >= 0.6 is 0 Å². The molecule has 1 N–H and O–H groups in total. The van der Waals surface area contributed by atoms with E-state index in [-0.39, 0.29) is 5.54 Å². The van der Waals surface area contributed by atoms with Crippen molar-refractivity contribution in [1.29, 1.82) is 0 Å². The minimum Gasteiger partial charge on any atom is -0.315 e. The van der Waals surface area contributed by atoms with Crippen LogP contribution < -0.4 is 5.32 Å². The zero-order valence-electron chi connectivity index (χ0n) is 10.6. The molecule has 1 saturated heterocycles. The molecule has 0 saturated carbocycles. The van der Waals surface area contributed by atoms with Gasteiger partial charge in [-0.2, -0.15) is 0 Å². The van der Waals surface area contributed by atoms with Crippen LogP contribution in [0, 0.1) is 6.92 Å². The van der Waals surface area contributed by atoms with Gasteiger partial charge in [-0.1, -0.05) is 29.8 Å². The Morgan fingerprint density at radius 2 is 2.19 bits per heavy atom. The van der Waals surface area contributed by atoms with Gasteiger partial charge in [0, 0.05) is 6.54 Å². The number of nitrogens with zero attached hydrogens (tertiary/aromatic N) is 1. The van der Waals surface area contributed by atoms with Crippen molar-refractivity contribution < 1.29 is 0 Å². The number of nitrogens with one attached hydrogen (secondary N) is 1. The third kappa shape index (κ3) is 2.13. The highest BCUT2D eigenvalue weighted by atomic mass is 15.2. The molecule has 1 fully saturated rings. The number of likely N-dealkylation sites (N-methyl/N-ethyl adjacent to an activating group) is 1. The first kappa shape index (κ1) is 11.6. The summed E-state index contributed by atoms with van der Waals surface area (Å²) in [6.45, 7) is 7.83. The maximum Gasteiger partial charge on any atom is 0.0554 e. The molecular weight excluding hydrogens is 196 g/mol. The number of hydrogen-bond donors (Lipinski definition) is 1. The topological polar surface area (TPSA) is 15.3 Å². The largest absolute Gasteiger partial charge is 0.315 e. The molecule has 0 aromatic heterocycles. The highest BCUT2D eigenvalue weighted by molar-refractivity contribution is 5.29. The molecule has 16 heavy (non-hydrogen) atoms. The van der Waals surface area contributed by atoms with Crippen LogP contribution in [0.25, 0.3) is 0 Å². The number of benzene rings is 1. The normalized spacial score (nSPS) is 27.7. The first-order valence-electron chi connectivity index (χ1n) is 6.12. The zero-order valence-corrected chi connectivity index (χ0v) is 10.6.